The predicted octanol–water partition coefficient (Wildman–Crippen LogP) is 3.06. The van der Waals surface area contributed by atoms with Crippen molar-refractivity contribution in [3.8, 4) is 11.5 Å². The molecule has 3 aromatic rings. The molecule has 3 rings (SSSR count). The fourth-order valence-electron chi connectivity index (χ4n) is 1.76. The normalized spacial score (nSPS) is 10.6. The molecule has 0 saturated carbocycles. The van der Waals surface area contributed by atoms with Gasteiger partial charge in [0.2, 0.25) is 0 Å². The molecule has 0 aliphatic heterocycles. The Morgan fingerprint density at radius 1 is 1.18 bits per heavy atom. The van der Waals surface area contributed by atoms with Crippen LogP contribution in [0.5, 0.6) is 11.5 Å². The Morgan fingerprint density at radius 2 is 2.00 bits per heavy atom. The molecule has 0 saturated heterocycles. The summed E-state index contributed by atoms with van der Waals surface area (Å²) < 4.78 is 5.75. The van der Waals surface area contributed by atoms with Gasteiger partial charge in [-0.05, 0) is 30.7 Å². The first kappa shape index (κ1) is 9.84. The van der Waals surface area contributed by atoms with Gasteiger partial charge < -0.3 is 9.72 Å². The number of nitrogens with zero attached hydrogens (tertiary/aromatic N) is 2. The van der Waals surface area contributed by atoms with E-state index >= 15 is 0 Å². The second-order valence-corrected chi connectivity index (χ2v) is 3.86. The number of rotatable bonds is 2. The largest absolute Gasteiger partial charge is 0.454 e. The van der Waals surface area contributed by atoms with E-state index in [1.165, 1.54) is 6.33 Å². The summed E-state index contributed by atoms with van der Waals surface area (Å²) in [5, 5.41) is 1.13. The fourth-order valence-corrected chi connectivity index (χ4v) is 1.76. The molecule has 0 radical (unpaired) electrons. The molecule has 84 valence electrons. The van der Waals surface area contributed by atoms with Gasteiger partial charge in [-0.2, -0.15) is 0 Å². The van der Waals surface area contributed by atoms with Gasteiger partial charge in [-0.3, -0.25) is 0 Å². The Balaban J connectivity index is 2.02. The van der Waals surface area contributed by atoms with E-state index in [0.717, 1.165) is 22.2 Å². The molecule has 0 amide bonds. The summed E-state index contributed by atoms with van der Waals surface area (Å²) in [5.74, 6) is 1.47. The van der Waals surface area contributed by atoms with Crippen molar-refractivity contribution >= 4 is 10.9 Å². The Hall–Kier alpha value is -2.36. The molecule has 0 spiro atoms. The topological polar surface area (TPSA) is 50.8 Å². The van der Waals surface area contributed by atoms with Gasteiger partial charge in [0.25, 0.3) is 0 Å². The number of nitrogens with one attached hydrogen (secondary N) is 1. The van der Waals surface area contributed by atoms with Crippen molar-refractivity contribution in [3.63, 3.8) is 0 Å². The lowest BCUT2D eigenvalue weighted by Crippen LogP contribution is -1.89. The highest BCUT2D eigenvalue weighted by Crippen LogP contribution is 2.28. The third-order valence-corrected chi connectivity index (χ3v) is 2.61. The minimum absolute atomic E-state index is 0.644. The SMILES string of the molecule is Cc1cc2[nH]ccc2cc1Oc1cncnc1. The van der Waals surface area contributed by atoms with Crippen LogP contribution in [-0.2, 0) is 0 Å². The molecule has 2 aromatic heterocycles. The molecule has 0 bridgehead atoms. The smallest absolute Gasteiger partial charge is 0.164 e. The zero-order chi connectivity index (χ0) is 11.7. The Kier molecular flexibility index (Phi) is 2.26. The van der Waals surface area contributed by atoms with Crippen molar-refractivity contribution < 1.29 is 4.74 Å². The van der Waals surface area contributed by atoms with Gasteiger partial charge in [-0.15, -0.1) is 0 Å². The summed E-state index contributed by atoms with van der Waals surface area (Å²) in [4.78, 5) is 11.0. The van der Waals surface area contributed by atoms with Crippen LogP contribution in [0.15, 0.2) is 43.1 Å². The second-order valence-electron chi connectivity index (χ2n) is 3.86. The van der Waals surface area contributed by atoms with E-state index in [2.05, 4.69) is 21.0 Å². The highest BCUT2D eigenvalue weighted by Gasteiger charge is 2.04. The molecule has 0 aliphatic carbocycles. The van der Waals surface area contributed by atoms with Crippen LogP contribution in [-0.4, -0.2) is 15.0 Å². The monoisotopic (exact) mass is 225 g/mol. The van der Waals surface area contributed by atoms with Gasteiger partial charge in [-0.25, -0.2) is 9.97 Å². The molecule has 1 aromatic carbocycles. The summed E-state index contributed by atoms with van der Waals surface area (Å²) in [7, 11) is 0. The molecule has 0 fully saturated rings. The van der Waals surface area contributed by atoms with Crippen LogP contribution in [0.2, 0.25) is 0 Å². The summed E-state index contributed by atoms with van der Waals surface area (Å²) in [6.45, 7) is 2.01. The first-order chi connectivity index (χ1) is 8.33. The highest BCUT2D eigenvalue weighted by atomic mass is 16.5. The van der Waals surface area contributed by atoms with E-state index in [1.54, 1.807) is 12.4 Å². The number of fused-ring (bicyclic) bond motifs is 1. The van der Waals surface area contributed by atoms with Crippen LogP contribution in [0.3, 0.4) is 0 Å². The fraction of sp³-hybridized carbons (Fsp3) is 0.0769. The van der Waals surface area contributed by atoms with Crippen molar-refractivity contribution in [2.45, 2.75) is 6.92 Å². The van der Waals surface area contributed by atoms with E-state index < -0.39 is 0 Å². The molecule has 0 aliphatic rings. The summed E-state index contributed by atoms with van der Waals surface area (Å²) >= 11 is 0. The summed E-state index contributed by atoms with van der Waals surface area (Å²) in [6.07, 6.45) is 6.69. The van der Waals surface area contributed by atoms with Gasteiger partial charge in [0.1, 0.15) is 12.1 Å². The molecule has 2 heterocycles. The summed E-state index contributed by atoms with van der Waals surface area (Å²) in [6, 6.07) is 6.09. The van der Waals surface area contributed by atoms with Gasteiger partial charge in [-0.1, -0.05) is 0 Å². The zero-order valence-electron chi connectivity index (χ0n) is 9.34. The zero-order valence-corrected chi connectivity index (χ0v) is 9.34. The Labute approximate surface area is 98.3 Å². The number of aromatic nitrogens is 3. The molecular weight excluding hydrogens is 214 g/mol. The van der Waals surface area contributed by atoms with E-state index in [-0.39, 0.29) is 0 Å². The molecule has 17 heavy (non-hydrogen) atoms. The number of aryl methyl sites for hydroxylation is 1. The van der Waals surface area contributed by atoms with Crippen molar-refractivity contribution in [3.05, 3.63) is 48.7 Å². The van der Waals surface area contributed by atoms with Gasteiger partial charge in [0, 0.05) is 17.1 Å². The van der Waals surface area contributed by atoms with Crippen molar-refractivity contribution in [2.75, 3.05) is 0 Å². The quantitative estimate of drug-likeness (QED) is 0.729. The minimum Gasteiger partial charge on any atom is -0.454 e. The third kappa shape index (κ3) is 1.85. The maximum absolute atomic E-state index is 5.75. The average Bonchev–Trinajstić information content (AvgIpc) is 2.78. The van der Waals surface area contributed by atoms with Crippen LogP contribution < -0.4 is 4.74 Å². The van der Waals surface area contributed by atoms with Crippen molar-refractivity contribution in [1.82, 2.24) is 15.0 Å². The lowest BCUT2D eigenvalue weighted by Gasteiger charge is -2.07. The Bertz CT molecular complexity index is 646. The lowest BCUT2D eigenvalue weighted by molar-refractivity contribution is 0.474. The van der Waals surface area contributed by atoms with E-state index in [9.17, 15) is 0 Å². The minimum atomic E-state index is 0.644. The number of aromatic amines is 1. The molecule has 1 N–H and O–H groups in total. The first-order valence-corrected chi connectivity index (χ1v) is 5.33. The lowest BCUT2D eigenvalue weighted by atomic mass is 10.1. The van der Waals surface area contributed by atoms with Crippen LogP contribution in [0.25, 0.3) is 10.9 Å². The molecule has 4 nitrogen and oxygen atoms in total. The number of hydrogen-bond acceptors (Lipinski definition) is 3. The van der Waals surface area contributed by atoms with Crippen molar-refractivity contribution in [1.29, 1.82) is 0 Å². The van der Waals surface area contributed by atoms with E-state index in [1.807, 2.05) is 25.3 Å². The molecule has 4 heteroatoms. The molecular formula is C13H11N3O. The van der Waals surface area contributed by atoms with Crippen LogP contribution in [0.4, 0.5) is 0 Å². The predicted molar refractivity (Wildman–Crippen MR) is 65.1 cm³/mol. The number of ether oxygens (including phenoxy) is 1. The van der Waals surface area contributed by atoms with Gasteiger partial charge in [0.05, 0.1) is 12.4 Å². The van der Waals surface area contributed by atoms with Gasteiger partial charge in [0.15, 0.2) is 5.75 Å². The van der Waals surface area contributed by atoms with Gasteiger partial charge >= 0.3 is 0 Å². The maximum atomic E-state index is 5.75. The molecule has 0 unspecified atom stereocenters. The highest BCUT2D eigenvalue weighted by molar-refractivity contribution is 5.82. The standard InChI is InChI=1S/C13H11N3O/c1-9-4-12-10(2-3-16-12)5-13(9)17-11-6-14-8-15-7-11/h2-8,16H,1H3. The average molecular weight is 225 g/mol. The number of benzene rings is 1. The van der Waals surface area contributed by atoms with Crippen molar-refractivity contribution in [2.24, 2.45) is 0 Å². The van der Waals surface area contributed by atoms with Crippen LogP contribution >= 0.6 is 0 Å². The third-order valence-electron chi connectivity index (χ3n) is 2.61. The first-order valence-electron chi connectivity index (χ1n) is 5.33. The van der Waals surface area contributed by atoms with E-state index in [0.29, 0.717) is 5.75 Å². The Morgan fingerprint density at radius 3 is 2.82 bits per heavy atom. The van der Waals surface area contributed by atoms with E-state index in [4.69, 9.17) is 4.74 Å². The maximum Gasteiger partial charge on any atom is 0.164 e. The second kappa shape index (κ2) is 3.90. The number of H-pyrrole nitrogens is 1. The summed E-state index contributed by atoms with van der Waals surface area (Å²) in [5.41, 5.74) is 2.18. The van der Waals surface area contributed by atoms with Crippen LogP contribution in [0, 0.1) is 6.92 Å². The van der Waals surface area contributed by atoms with Crippen LogP contribution in [0.1, 0.15) is 5.56 Å². The number of hydrogen-bond donors (Lipinski definition) is 1. The molecule has 0 atom stereocenters.